The number of carbonyl (C=O) groups excluding carboxylic acids is 1. The normalized spacial score (nSPS) is 17.3. The summed E-state index contributed by atoms with van der Waals surface area (Å²) in [5.41, 5.74) is 7.19. The number of benzene rings is 1. The Morgan fingerprint density at radius 3 is 3.00 bits per heavy atom. The lowest BCUT2D eigenvalue weighted by Gasteiger charge is -2.02. The van der Waals surface area contributed by atoms with Gasteiger partial charge in [0.05, 0.1) is 18.7 Å². The zero-order valence-electron chi connectivity index (χ0n) is 8.23. The van der Waals surface area contributed by atoms with Crippen molar-refractivity contribution in [2.24, 2.45) is 5.73 Å². The molecule has 0 aromatic heterocycles. The third kappa shape index (κ3) is 2.06. The van der Waals surface area contributed by atoms with Crippen molar-refractivity contribution < 1.29 is 14.3 Å². The van der Waals surface area contributed by atoms with E-state index >= 15 is 0 Å². The summed E-state index contributed by atoms with van der Waals surface area (Å²) in [6, 6.07) is 5.07. The summed E-state index contributed by atoms with van der Waals surface area (Å²) in [6.07, 6.45) is 0. The number of halogens is 1. The summed E-state index contributed by atoms with van der Waals surface area (Å²) in [6.45, 7) is 0.472. The summed E-state index contributed by atoms with van der Waals surface area (Å²) < 4.78 is 9.91. The molecule has 82 valence electrons. The van der Waals surface area contributed by atoms with E-state index in [1.54, 1.807) is 18.2 Å². The van der Waals surface area contributed by atoms with Crippen molar-refractivity contribution in [3.8, 4) is 5.75 Å². The first-order valence-corrected chi connectivity index (χ1v) is 4.33. The Bertz CT molecular complexity index is 381. The van der Waals surface area contributed by atoms with Crippen molar-refractivity contribution in [2.45, 2.75) is 6.04 Å². The fraction of sp³-hybridized carbons (Fsp3) is 0.300. The first-order valence-electron chi connectivity index (χ1n) is 4.33. The summed E-state index contributed by atoms with van der Waals surface area (Å²) in [7, 11) is 1.35. The molecule has 0 amide bonds. The van der Waals surface area contributed by atoms with Gasteiger partial charge in [0.1, 0.15) is 12.4 Å². The highest BCUT2D eigenvalue weighted by Crippen LogP contribution is 2.31. The molecule has 1 aromatic carbocycles. The highest BCUT2D eigenvalue weighted by Gasteiger charge is 2.21. The fourth-order valence-electron chi connectivity index (χ4n) is 1.48. The summed E-state index contributed by atoms with van der Waals surface area (Å²) >= 11 is 0. The second-order valence-electron chi connectivity index (χ2n) is 3.16. The Balaban J connectivity index is 0.00000112. The smallest absolute Gasteiger partial charge is 0.337 e. The molecule has 1 aliphatic heterocycles. The number of hydrogen-bond donors (Lipinski definition) is 1. The van der Waals surface area contributed by atoms with Crippen molar-refractivity contribution in [1.29, 1.82) is 0 Å². The SMILES string of the molecule is COC(=O)c1ccc2c(c1)OCC2N.Cl. The van der Waals surface area contributed by atoms with Crippen LogP contribution >= 0.6 is 12.4 Å². The van der Waals surface area contributed by atoms with Gasteiger partial charge in [0, 0.05) is 5.56 Å². The second kappa shape index (κ2) is 4.51. The van der Waals surface area contributed by atoms with E-state index in [1.165, 1.54) is 7.11 Å². The summed E-state index contributed by atoms with van der Waals surface area (Å²) in [5, 5.41) is 0. The predicted octanol–water partition coefficient (Wildman–Crippen LogP) is 1.29. The van der Waals surface area contributed by atoms with Crippen molar-refractivity contribution in [1.82, 2.24) is 0 Å². The molecule has 0 spiro atoms. The lowest BCUT2D eigenvalue weighted by atomic mass is 10.1. The van der Waals surface area contributed by atoms with Gasteiger partial charge in [-0.05, 0) is 12.1 Å². The number of rotatable bonds is 1. The van der Waals surface area contributed by atoms with E-state index in [9.17, 15) is 4.79 Å². The average molecular weight is 230 g/mol. The molecule has 0 aliphatic carbocycles. The predicted molar refractivity (Wildman–Crippen MR) is 57.5 cm³/mol. The Kier molecular flexibility index (Phi) is 3.55. The van der Waals surface area contributed by atoms with Crippen LogP contribution in [-0.2, 0) is 4.74 Å². The quantitative estimate of drug-likeness (QED) is 0.737. The Labute approximate surface area is 93.8 Å². The Morgan fingerprint density at radius 2 is 2.33 bits per heavy atom. The molecule has 1 aromatic rings. The van der Waals surface area contributed by atoms with Gasteiger partial charge in [-0.1, -0.05) is 6.07 Å². The van der Waals surface area contributed by atoms with E-state index in [0.717, 1.165) is 5.56 Å². The van der Waals surface area contributed by atoms with Gasteiger partial charge in [0.15, 0.2) is 0 Å². The van der Waals surface area contributed by atoms with Gasteiger partial charge in [-0.15, -0.1) is 12.4 Å². The molecule has 1 aliphatic rings. The van der Waals surface area contributed by atoms with Crippen molar-refractivity contribution in [3.63, 3.8) is 0 Å². The van der Waals surface area contributed by atoms with Crippen LogP contribution in [-0.4, -0.2) is 19.7 Å². The minimum atomic E-state index is -0.364. The van der Waals surface area contributed by atoms with Crippen LogP contribution in [0.4, 0.5) is 0 Å². The monoisotopic (exact) mass is 229 g/mol. The van der Waals surface area contributed by atoms with Gasteiger partial charge < -0.3 is 15.2 Å². The van der Waals surface area contributed by atoms with E-state index in [2.05, 4.69) is 4.74 Å². The van der Waals surface area contributed by atoms with Gasteiger partial charge in [-0.3, -0.25) is 0 Å². The van der Waals surface area contributed by atoms with Crippen LogP contribution in [0.2, 0.25) is 0 Å². The number of ether oxygens (including phenoxy) is 2. The fourth-order valence-corrected chi connectivity index (χ4v) is 1.48. The third-order valence-corrected chi connectivity index (χ3v) is 2.25. The van der Waals surface area contributed by atoms with Gasteiger partial charge in [-0.25, -0.2) is 4.79 Å². The molecule has 1 unspecified atom stereocenters. The van der Waals surface area contributed by atoms with E-state index in [1.807, 2.05) is 0 Å². The first-order chi connectivity index (χ1) is 6.72. The summed E-state index contributed by atoms with van der Waals surface area (Å²) in [5.74, 6) is 0.317. The van der Waals surface area contributed by atoms with Crippen molar-refractivity contribution in [3.05, 3.63) is 29.3 Å². The lowest BCUT2D eigenvalue weighted by molar-refractivity contribution is 0.0600. The minimum absolute atomic E-state index is 0. The lowest BCUT2D eigenvalue weighted by Crippen LogP contribution is -2.10. The number of nitrogens with two attached hydrogens (primary N) is 1. The third-order valence-electron chi connectivity index (χ3n) is 2.25. The maximum absolute atomic E-state index is 11.2. The minimum Gasteiger partial charge on any atom is -0.491 e. The van der Waals surface area contributed by atoms with E-state index in [4.69, 9.17) is 10.5 Å². The number of hydrogen-bond acceptors (Lipinski definition) is 4. The molecule has 4 nitrogen and oxygen atoms in total. The molecule has 0 saturated carbocycles. The van der Waals surface area contributed by atoms with Crippen LogP contribution in [0.1, 0.15) is 22.0 Å². The zero-order chi connectivity index (χ0) is 10.1. The van der Waals surface area contributed by atoms with Crippen LogP contribution in [0.5, 0.6) is 5.75 Å². The maximum atomic E-state index is 11.2. The van der Waals surface area contributed by atoms with Crippen LogP contribution in [0.15, 0.2) is 18.2 Å². The topological polar surface area (TPSA) is 61.5 Å². The average Bonchev–Trinajstić information content (AvgIpc) is 2.59. The number of esters is 1. The van der Waals surface area contributed by atoms with Gasteiger partial charge in [0.25, 0.3) is 0 Å². The van der Waals surface area contributed by atoms with Crippen LogP contribution in [0, 0.1) is 0 Å². The number of fused-ring (bicyclic) bond motifs is 1. The molecular weight excluding hydrogens is 218 g/mol. The molecule has 15 heavy (non-hydrogen) atoms. The van der Waals surface area contributed by atoms with Gasteiger partial charge in [-0.2, -0.15) is 0 Å². The molecule has 0 saturated heterocycles. The van der Waals surface area contributed by atoms with Crippen molar-refractivity contribution in [2.75, 3.05) is 13.7 Å². The highest BCUT2D eigenvalue weighted by molar-refractivity contribution is 5.90. The molecule has 1 heterocycles. The molecule has 1 atom stereocenters. The van der Waals surface area contributed by atoms with Crippen LogP contribution in [0.25, 0.3) is 0 Å². The molecule has 5 heteroatoms. The largest absolute Gasteiger partial charge is 0.491 e. The molecular formula is C10H12ClNO3. The first kappa shape index (κ1) is 11.8. The van der Waals surface area contributed by atoms with Gasteiger partial charge >= 0.3 is 5.97 Å². The number of carbonyl (C=O) groups is 1. The van der Waals surface area contributed by atoms with Gasteiger partial charge in [0.2, 0.25) is 0 Å². The summed E-state index contributed by atoms with van der Waals surface area (Å²) in [4.78, 5) is 11.2. The van der Waals surface area contributed by atoms with Crippen LogP contribution in [0.3, 0.4) is 0 Å². The van der Waals surface area contributed by atoms with Crippen LogP contribution < -0.4 is 10.5 Å². The Morgan fingerprint density at radius 1 is 1.60 bits per heavy atom. The van der Waals surface area contributed by atoms with E-state index in [0.29, 0.717) is 17.9 Å². The molecule has 0 fully saturated rings. The highest BCUT2D eigenvalue weighted by atomic mass is 35.5. The second-order valence-corrected chi connectivity index (χ2v) is 3.16. The molecule has 2 rings (SSSR count). The standard InChI is InChI=1S/C10H11NO3.ClH/c1-13-10(12)6-2-3-7-8(11)5-14-9(7)4-6;/h2-4,8H,5,11H2,1H3;1H. The number of methoxy groups -OCH3 is 1. The Hall–Kier alpha value is -1.26. The van der Waals surface area contributed by atoms with Crippen molar-refractivity contribution >= 4 is 18.4 Å². The molecule has 0 radical (unpaired) electrons. The maximum Gasteiger partial charge on any atom is 0.337 e. The van der Waals surface area contributed by atoms with E-state index in [-0.39, 0.29) is 24.4 Å². The molecule has 2 N–H and O–H groups in total. The molecule has 0 bridgehead atoms. The van der Waals surface area contributed by atoms with E-state index < -0.39 is 0 Å². The zero-order valence-corrected chi connectivity index (χ0v) is 9.04.